The van der Waals surface area contributed by atoms with E-state index < -0.39 is 0 Å². The number of hydrogen-bond donors (Lipinski definition) is 0. The van der Waals surface area contributed by atoms with Crippen molar-refractivity contribution < 1.29 is 8.83 Å². The van der Waals surface area contributed by atoms with Gasteiger partial charge in [-0.2, -0.15) is 0 Å². The van der Waals surface area contributed by atoms with Gasteiger partial charge in [0.1, 0.15) is 22.3 Å². The van der Waals surface area contributed by atoms with Crippen molar-refractivity contribution in [2.45, 2.75) is 26.7 Å². The van der Waals surface area contributed by atoms with E-state index in [1.807, 2.05) is 0 Å². The molecule has 0 aliphatic heterocycles. The van der Waals surface area contributed by atoms with E-state index in [0.717, 1.165) is 190 Å². The number of aryl methyl sites for hydroxylation is 4. The second kappa shape index (κ2) is 30.9. The zero-order chi connectivity index (χ0) is 81.1. The maximum absolute atomic E-state index is 7.41. The van der Waals surface area contributed by atoms with Gasteiger partial charge >= 0.3 is 0 Å². The Labute approximate surface area is 709 Å². The molecule has 122 heavy (non-hydrogen) atoms. The van der Waals surface area contributed by atoms with Gasteiger partial charge in [0.15, 0.2) is 0 Å². The van der Waals surface area contributed by atoms with E-state index in [0.29, 0.717) is 0 Å². The van der Waals surface area contributed by atoms with Crippen molar-refractivity contribution in [1.29, 1.82) is 0 Å². The molecule has 0 aliphatic rings. The van der Waals surface area contributed by atoms with Gasteiger partial charge < -0.3 is 28.4 Å². The highest BCUT2D eigenvalue weighted by Gasteiger charge is 2.29. The van der Waals surface area contributed by atoms with Gasteiger partial charge in [0.05, 0.1) is 22.7 Å². The molecule has 0 atom stereocenters. The van der Waals surface area contributed by atoms with Gasteiger partial charge in [-0.3, -0.25) is 0 Å². The lowest BCUT2D eigenvalue weighted by Gasteiger charge is -2.28. The molecule has 0 radical (unpaired) electrons. The molecule has 0 unspecified atom stereocenters. The summed E-state index contributed by atoms with van der Waals surface area (Å²) in [5, 5.41) is 13.3. The van der Waals surface area contributed by atoms with Gasteiger partial charge in [-0.15, -0.1) is 0 Å². The van der Waals surface area contributed by atoms with Gasteiger partial charge in [-0.25, -0.2) is 0 Å². The van der Waals surface area contributed by atoms with Gasteiger partial charge in [-0.05, 0) is 201 Å². The zero-order valence-corrected chi connectivity index (χ0v) is 67.6. The highest BCUT2D eigenvalue weighted by atomic mass is 16.3. The number of benzene rings is 20. The van der Waals surface area contributed by atoms with Crippen LogP contribution in [0, 0.1) is 13.8 Å². The summed E-state index contributed by atoms with van der Waals surface area (Å²) in [7, 11) is 0. The van der Waals surface area contributed by atoms with Crippen molar-refractivity contribution in [1.82, 2.24) is 0 Å². The lowest BCUT2D eigenvalue weighted by atomic mass is 9.96. The van der Waals surface area contributed by atoms with Crippen LogP contribution in [0.5, 0.6) is 0 Å². The van der Waals surface area contributed by atoms with Crippen LogP contribution >= 0.6 is 0 Å². The second-order valence-corrected chi connectivity index (χ2v) is 32.0. The Kier molecular flexibility index (Phi) is 18.4. The minimum atomic E-state index is 0.812. The maximum atomic E-state index is 7.41. The molecule has 0 N–H and O–H groups in total. The van der Waals surface area contributed by atoms with Crippen LogP contribution in [-0.4, -0.2) is 0 Å². The molecule has 20 aromatic carbocycles. The van der Waals surface area contributed by atoms with Gasteiger partial charge in [0.2, 0.25) is 0 Å². The fraction of sp³-hybridized carbons (Fsp3) is 0.0345. The van der Waals surface area contributed by atoms with Gasteiger partial charge in [0.25, 0.3) is 0 Å². The molecule has 6 heteroatoms. The summed E-state index contributed by atoms with van der Waals surface area (Å²) in [5.41, 5.74) is 29.9. The molecule has 0 spiro atoms. The molecule has 6 nitrogen and oxygen atoms in total. The lowest BCUT2D eigenvalue weighted by Crippen LogP contribution is -2.11. The molecular formula is C116H82N4O2. The minimum absolute atomic E-state index is 0.812. The molecule has 0 saturated heterocycles. The standard InChI is InChI=1S/C116H82N4O2/c1-77-45-59-89(60-46-77)117(93-67-55-85(56-68-93)81-25-7-3-8-26-81)105-73-109-113(101-41-19-15-37-97(101)105)114-102-42-20-16-38-98(102)106(74-110(114)121-109)118(94-69-57-86(58-70-94)82-27-9-4-10-28-82)91-63-51-79(52-64-91)49-50-80-53-65-92(66-54-80)120(96-36-24-34-88(72-96)84-31-13-6-14-32-84)108-76-112-116(104-44-22-18-40-100(104)108)115-103-43-21-17-39-99(103)107(75-111(115)122-112)119(90-61-47-78(2)48-62-90)95-35-23-33-87(71-95)83-29-11-5-12-30-83/h3-48,51-76H,49-50H2,1-2H3. The molecule has 0 saturated carbocycles. The fourth-order valence-electron chi connectivity index (χ4n) is 18.4. The Balaban J connectivity index is 0.622. The molecule has 0 fully saturated rings. The van der Waals surface area contributed by atoms with Crippen molar-refractivity contribution in [2.75, 3.05) is 19.6 Å². The predicted octanol–water partition coefficient (Wildman–Crippen LogP) is 33.0. The molecule has 578 valence electrons. The van der Waals surface area contributed by atoms with E-state index in [1.165, 1.54) is 44.5 Å². The monoisotopic (exact) mass is 1560 g/mol. The van der Waals surface area contributed by atoms with Crippen LogP contribution in [0.15, 0.2) is 446 Å². The summed E-state index contributed by atoms with van der Waals surface area (Å²) in [6.45, 7) is 4.29. The first-order chi connectivity index (χ1) is 60.3. The SMILES string of the molecule is Cc1ccc(N(c2ccc(-c3ccccc3)cc2)c2cc3oc4cc(N(c5ccc(CCc6ccc(N(c7cccc(-c8ccccc8)c7)c7cc8oc9cc(N(c%10ccc(C)cc%10)c%10cccc(-c%11ccccc%11)c%10)c%10ccccc%10c9c8c8ccccc78)cc6)cc5)c5ccc(-c6ccccc6)cc5)c5ccccc5c4c3c3ccccc23)cc1. The van der Waals surface area contributed by atoms with Crippen molar-refractivity contribution in [3.8, 4) is 44.5 Å². The van der Waals surface area contributed by atoms with Crippen molar-refractivity contribution in [3.63, 3.8) is 0 Å². The smallest absolute Gasteiger partial charge is 0.138 e. The third-order valence-corrected chi connectivity index (χ3v) is 24.4. The zero-order valence-electron chi connectivity index (χ0n) is 67.6. The molecular weight excluding hydrogens is 1480 g/mol. The number of nitrogens with zero attached hydrogens (tertiary/aromatic N) is 4. The van der Waals surface area contributed by atoms with Gasteiger partial charge in [-0.1, -0.05) is 327 Å². The maximum Gasteiger partial charge on any atom is 0.138 e. The first-order valence-corrected chi connectivity index (χ1v) is 42.0. The first kappa shape index (κ1) is 72.7. The van der Waals surface area contributed by atoms with E-state index in [9.17, 15) is 0 Å². The van der Waals surface area contributed by atoms with E-state index >= 15 is 0 Å². The molecule has 22 aromatic rings. The van der Waals surface area contributed by atoms with Crippen LogP contribution < -0.4 is 19.6 Å². The van der Waals surface area contributed by atoms with Gasteiger partial charge in [0, 0.05) is 113 Å². The van der Waals surface area contributed by atoms with Crippen molar-refractivity contribution in [3.05, 3.63) is 459 Å². The van der Waals surface area contributed by atoms with Crippen LogP contribution in [0.25, 0.3) is 131 Å². The number of anilines is 12. The van der Waals surface area contributed by atoms with E-state index in [4.69, 9.17) is 8.83 Å². The van der Waals surface area contributed by atoms with Crippen LogP contribution in [-0.2, 0) is 12.8 Å². The second-order valence-electron chi connectivity index (χ2n) is 32.0. The Morgan fingerprint density at radius 3 is 0.664 bits per heavy atom. The average Bonchev–Trinajstić information content (AvgIpc) is 1.29. The summed E-state index contributed by atoms with van der Waals surface area (Å²) < 4.78 is 14.8. The summed E-state index contributed by atoms with van der Waals surface area (Å²) in [6, 6.07) is 159. The first-order valence-electron chi connectivity index (χ1n) is 42.0. The third kappa shape index (κ3) is 13.3. The average molecular weight is 1560 g/mol. The number of fused-ring (bicyclic) bond motifs is 14. The molecule has 0 bridgehead atoms. The van der Waals surface area contributed by atoms with Crippen LogP contribution in [0.1, 0.15) is 22.3 Å². The number of furan rings is 2. The van der Waals surface area contributed by atoms with Crippen LogP contribution in [0.2, 0.25) is 0 Å². The lowest BCUT2D eigenvalue weighted by molar-refractivity contribution is 0.669. The molecule has 2 aromatic heterocycles. The summed E-state index contributed by atoms with van der Waals surface area (Å²) in [6.07, 6.45) is 1.68. The van der Waals surface area contributed by atoms with E-state index in [1.54, 1.807) is 0 Å². The third-order valence-electron chi connectivity index (χ3n) is 24.4. The molecule has 0 amide bonds. The molecule has 2 heterocycles. The van der Waals surface area contributed by atoms with E-state index in [2.05, 4.69) is 470 Å². The highest BCUT2D eigenvalue weighted by Crippen LogP contribution is 2.53. The van der Waals surface area contributed by atoms with Crippen molar-refractivity contribution in [2.24, 2.45) is 0 Å². The number of rotatable bonds is 19. The highest BCUT2D eigenvalue weighted by molar-refractivity contribution is 6.32. The fourth-order valence-corrected chi connectivity index (χ4v) is 18.4. The normalized spacial score (nSPS) is 11.6. The van der Waals surface area contributed by atoms with E-state index in [-0.39, 0.29) is 0 Å². The van der Waals surface area contributed by atoms with Crippen molar-refractivity contribution >= 4 is 155 Å². The quantitative estimate of drug-likeness (QED) is 0.0803. The molecule has 0 aliphatic carbocycles. The summed E-state index contributed by atoms with van der Waals surface area (Å²) in [5.74, 6) is 0. The summed E-state index contributed by atoms with van der Waals surface area (Å²) >= 11 is 0. The minimum Gasteiger partial charge on any atom is -0.456 e. The number of hydrogen-bond acceptors (Lipinski definition) is 6. The molecule has 22 rings (SSSR count). The topological polar surface area (TPSA) is 39.2 Å². The largest absolute Gasteiger partial charge is 0.456 e. The Hall–Kier alpha value is -15.8. The Morgan fingerprint density at radius 1 is 0.172 bits per heavy atom. The predicted molar refractivity (Wildman–Crippen MR) is 515 cm³/mol. The van der Waals surface area contributed by atoms with Crippen LogP contribution in [0.3, 0.4) is 0 Å². The van der Waals surface area contributed by atoms with Crippen LogP contribution in [0.4, 0.5) is 68.2 Å². The Morgan fingerprint density at radius 2 is 0.385 bits per heavy atom. The summed E-state index contributed by atoms with van der Waals surface area (Å²) in [4.78, 5) is 9.61. The Bertz CT molecular complexity index is 7660.